The number of nitrogens with one attached hydrogen (secondary N) is 1. The average molecular weight is 459 g/mol. The number of rotatable bonds is 5. The lowest BCUT2D eigenvalue weighted by Gasteiger charge is -2.31. The van der Waals surface area contributed by atoms with Gasteiger partial charge in [0.2, 0.25) is 5.91 Å². The van der Waals surface area contributed by atoms with Crippen molar-refractivity contribution in [3.05, 3.63) is 64.2 Å². The zero-order valence-corrected chi connectivity index (χ0v) is 20.1. The van der Waals surface area contributed by atoms with E-state index < -0.39 is 0 Å². The molecule has 1 aliphatic heterocycles. The van der Waals surface area contributed by atoms with Crippen molar-refractivity contribution in [1.29, 1.82) is 0 Å². The average Bonchev–Trinajstić information content (AvgIpc) is 2.88. The molecular formula is C28H34N4O2. The fourth-order valence-electron chi connectivity index (χ4n) is 5.42. The molecule has 6 nitrogen and oxygen atoms in total. The minimum atomic E-state index is -0.0651. The molecule has 34 heavy (non-hydrogen) atoms. The summed E-state index contributed by atoms with van der Waals surface area (Å²) in [6.45, 7) is 4.29. The van der Waals surface area contributed by atoms with Crippen LogP contribution in [0.4, 0.5) is 11.4 Å². The molecule has 0 unspecified atom stereocenters. The maximum atomic E-state index is 13.6. The highest BCUT2D eigenvalue weighted by atomic mass is 16.2. The van der Waals surface area contributed by atoms with Crippen molar-refractivity contribution in [2.75, 3.05) is 23.3 Å². The second kappa shape index (κ2) is 10.00. The Labute approximate surface area is 201 Å². The first-order valence-corrected chi connectivity index (χ1v) is 12.7. The van der Waals surface area contributed by atoms with E-state index in [9.17, 15) is 9.59 Å². The molecule has 2 fully saturated rings. The number of fused-ring (bicyclic) bond motifs is 1. The number of aromatic nitrogens is 2. The normalized spacial score (nSPS) is 17.1. The smallest absolute Gasteiger partial charge is 0.261 e. The third kappa shape index (κ3) is 4.72. The van der Waals surface area contributed by atoms with E-state index in [1.54, 1.807) is 4.57 Å². The third-order valence-electron chi connectivity index (χ3n) is 7.38. The van der Waals surface area contributed by atoms with Crippen LogP contribution >= 0.6 is 0 Å². The van der Waals surface area contributed by atoms with Gasteiger partial charge >= 0.3 is 0 Å². The van der Waals surface area contributed by atoms with Gasteiger partial charge in [-0.3, -0.25) is 14.2 Å². The Hall–Kier alpha value is -3.15. The Balaban J connectivity index is 1.56. The molecule has 1 saturated carbocycles. The molecule has 1 saturated heterocycles. The van der Waals surface area contributed by atoms with E-state index >= 15 is 0 Å². The molecule has 5 rings (SSSR count). The lowest BCUT2D eigenvalue weighted by atomic mass is 9.88. The summed E-state index contributed by atoms with van der Waals surface area (Å²) in [5.74, 6) is 0.844. The zero-order chi connectivity index (χ0) is 23.5. The standard InChI is InChI=1S/C28H34N4O2/c1-20-29-24-18-26(31-15-9-4-10-16-31)25(30-27(33)22-13-7-3-8-14-22)17-23(24)28(34)32(20)19-21-11-5-2-6-12-21/h2,5-6,11-12,17-18,22H,3-4,7-10,13-16,19H2,1H3,(H,30,33). The Kier molecular flexibility index (Phi) is 6.66. The van der Waals surface area contributed by atoms with Crippen LogP contribution in [0.1, 0.15) is 62.8 Å². The van der Waals surface area contributed by atoms with Gasteiger partial charge in [-0.15, -0.1) is 0 Å². The number of nitrogens with zero attached hydrogens (tertiary/aromatic N) is 3. The van der Waals surface area contributed by atoms with Crippen molar-refractivity contribution in [3.63, 3.8) is 0 Å². The van der Waals surface area contributed by atoms with Crippen molar-refractivity contribution in [1.82, 2.24) is 9.55 Å². The third-order valence-corrected chi connectivity index (χ3v) is 7.38. The monoisotopic (exact) mass is 458 g/mol. The molecule has 2 aliphatic rings. The first kappa shape index (κ1) is 22.6. The van der Waals surface area contributed by atoms with E-state index in [0.717, 1.165) is 68.6 Å². The Morgan fingerprint density at radius 2 is 1.71 bits per heavy atom. The highest BCUT2D eigenvalue weighted by Gasteiger charge is 2.24. The van der Waals surface area contributed by atoms with Gasteiger partial charge < -0.3 is 10.2 Å². The molecular weight excluding hydrogens is 424 g/mol. The number of benzene rings is 2. The number of hydrogen-bond donors (Lipinski definition) is 1. The summed E-state index contributed by atoms with van der Waals surface area (Å²) < 4.78 is 1.73. The lowest BCUT2D eigenvalue weighted by molar-refractivity contribution is -0.120. The van der Waals surface area contributed by atoms with E-state index in [1.165, 1.54) is 12.8 Å². The molecule has 178 valence electrons. The first-order chi connectivity index (χ1) is 16.6. The van der Waals surface area contributed by atoms with Gasteiger partial charge in [-0.1, -0.05) is 49.6 Å². The van der Waals surface area contributed by atoms with Crippen LogP contribution in [0.5, 0.6) is 0 Å². The van der Waals surface area contributed by atoms with Crippen molar-refractivity contribution in [2.24, 2.45) is 5.92 Å². The summed E-state index contributed by atoms with van der Waals surface area (Å²) in [4.78, 5) is 33.9. The summed E-state index contributed by atoms with van der Waals surface area (Å²) in [7, 11) is 0. The van der Waals surface area contributed by atoms with E-state index in [-0.39, 0.29) is 17.4 Å². The summed E-state index contributed by atoms with van der Waals surface area (Å²) >= 11 is 0. The van der Waals surface area contributed by atoms with Crippen molar-refractivity contribution in [2.45, 2.75) is 64.8 Å². The van der Waals surface area contributed by atoms with Crippen LogP contribution < -0.4 is 15.8 Å². The van der Waals surface area contributed by atoms with E-state index in [4.69, 9.17) is 4.98 Å². The number of aryl methyl sites for hydroxylation is 1. The molecule has 0 atom stereocenters. The maximum Gasteiger partial charge on any atom is 0.261 e. The number of carbonyl (C=O) groups excluding carboxylic acids is 1. The largest absolute Gasteiger partial charge is 0.370 e. The molecule has 2 heterocycles. The van der Waals surface area contributed by atoms with Crippen LogP contribution in [-0.4, -0.2) is 28.5 Å². The summed E-state index contributed by atoms with van der Waals surface area (Å²) in [6.07, 6.45) is 8.84. The molecule has 2 aromatic carbocycles. The number of amides is 1. The molecule has 1 amide bonds. The molecule has 0 spiro atoms. The van der Waals surface area contributed by atoms with Gasteiger partial charge in [-0.25, -0.2) is 4.98 Å². The Morgan fingerprint density at radius 1 is 1.00 bits per heavy atom. The summed E-state index contributed by atoms with van der Waals surface area (Å²) in [6, 6.07) is 13.9. The topological polar surface area (TPSA) is 67.2 Å². The summed E-state index contributed by atoms with van der Waals surface area (Å²) in [5.41, 5.74) is 3.43. The van der Waals surface area contributed by atoms with Crippen LogP contribution in [0.15, 0.2) is 47.3 Å². The van der Waals surface area contributed by atoms with Gasteiger partial charge in [-0.05, 0) is 56.7 Å². The van der Waals surface area contributed by atoms with Crippen LogP contribution in [0, 0.1) is 12.8 Å². The quantitative estimate of drug-likeness (QED) is 0.566. The van der Waals surface area contributed by atoms with Gasteiger partial charge in [-0.2, -0.15) is 0 Å². The minimum absolute atomic E-state index is 0.0598. The molecule has 1 N–H and O–H groups in total. The molecule has 3 aromatic rings. The second-order valence-corrected chi connectivity index (χ2v) is 9.79. The van der Waals surface area contributed by atoms with Crippen LogP contribution in [0.3, 0.4) is 0 Å². The van der Waals surface area contributed by atoms with Crippen molar-refractivity contribution < 1.29 is 4.79 Å². The van der Waals surface area contributed by atoms with Crippen LogP contribution in [0.25, 0.3) is 10.9 Å². The molecule has 1 aromatic heterocycles. The van der Waals surface area contributed by atoms with Gasteiger partial charge in [0.25, 0.3) is 5.56 Å². The first-order valence-electron chi connectivity index (χ1n) is 12.7. The molecule has 0 radical (unpaired) electrons. The van der Waals surface area contributed by atoms with Gasteiger partial charge in [0.05, 0.1) is 28.8 Å². The lowest BCUT2D eigenvalue weighted by Crippen LogP contribution is -2.32. The van der Waals surface area contributed by atoms with Gasteiger partial charge in [0.1, 0.15) is 5.82 Å². The zero-order valence-electron chi connectivity index (χ0n) is 20.1. The predicted molar refractivity (Wildman–Crippen MR) is 138 cm³/mol. The number of carbonyl (C=O) groups is 1. The fraction of sp³-hybridized carbons (Fsp3) is 0.464. The number of hydrogen-bond acceptors (Lipinski definition) is 4. The minimum Gasteiger partial charge on any atom is -0.370 e. The van der Waals surface area contributed by atoms with E-state index in [1.807, 2.05) is 49.4 Å². The number of anilines is 2. The SMILES string of the molecule is Cc1nc2cc(N3CCCCC3)c(NC(=O)C3CCCCC3)cc2c(=O)n1Cc1ccccc1. The highest BCUT2D eigenvalue weighted by molar-refractivity contribution is 6.00. The Bertz CT molecular complexity index is 1220. The fourth-order valence-corrected chi connectivity index (χ4v) is 5.42. The van der Waals surface area contributed by atoms with Crippen LogP contribution in [-0.2, 0) is 11.3 Å². The van der Waals surface area contributed by atoms with Crippen molar-refractivity contribution in [3.8, 4) is 0 Å². The van der Waals surface area contributed by atoms with E-state index in [0.29, 0.717) is 23.3 Å². The second-order valence-electron chi connectivity index (χ2n) is 9.79. The van der Waals surface area contributed by atoms with Crippen LogP contribution in [0.2, 0.25) is 0 Å². The molecule has 1 aliphatic carbocycles. The molecule has 6 heteroatoms. The summed E-state index contributed by atoms with van der Waals surface area (Å²) in [5, 5.41) is 3.78. The predicted octanol–water partition coefficient (Wildman–Crippen LogP) is 5.26. The van der Waals surface area contributed by atoms with Gasteiger partial charge in [0, 0.05) is 19.0 Å². The Morgan fingerprint density at radius 3 is 2.44 bits per heavy atom. The number of piperidine rings is 1. The molecule has 0 bridgehead atoms. The van der Waals surface area contributed by atoms with Crippen molar-refractivity contribution >= 4 is 28.2 Å². The van der Waals surface area contributed by atoms with Gasteiger partial charge in [0.15, 0.2) is 0 Å². The maximum absolute atomic E-state index is 13.6. The van der Waals surface area contributed by atoms with E-state index in [2.05, 4.69) is 10.2 Å². The highest BCUT2D eigenvalue weighted by Crippen LogP contribution is 2.33.